The molecule has 1 saturated heterocycles. The van der Waals surface area contributed by atoms with Crippen molar-refractivity contribution in [3.05, 3.63) is 36.2 Å². The van der Waals surface area contributed by atoms with Gasteiger partial charge in [0.2, 0.25) is 17.7 Å². The van der Waals surface area contributed by atoms with Crippen molar-refractivity contribution >= 4 is 22.9 Å². The number of imidazole rings is 1. The van der Waals surface area contributed by atoms with E-state index in [1.54, 1.807) is 30.3 Å². The molecule has 232 valence electrons. The van der Waals surface area contributed by atoms with Crippen molar-refractivity contribution in [3.8, 4) is 11.7 Å². The van der Waals surface area contributed by atoms with Crippen molar-refractivity contribution in [2.24, 2.45) is 0 Å². The second-order valence-electron chi connectivity index (χ2n) is 11.6. The zero-order valence-electron chi connectivity index (χ0n) is 24.1. The summed E-state index contributed by atoms with van der Waals surface area (Å²) >= 11 is 0. The average molecular weight is 600 g/mol. The lowest BCUT2D eigenvalue weighted by Gasteiger charge is -2.31. The molecule has 0 radical (unpaired) electrons. The van der Waals surface area contributed by atoms with E-state index in [1.165, 1.54) is 4.57 Å². The third-order valence-electron chi connectivity index (χ3n) is 8.56. The van der Waals surface area contributed by atoms with Gasteiger partial charge < -0.3 is 30.1 Å². The van der Waals surface area contributed by atoms with Gasteiger partial charge in [-0.3, -0.25) is 9.36 Å². The fraction of sp³-hybridized carbons (Fsp3) is 0.600. The molecule has 13 heteroatoms. The highest BCUT2D eigenvalue weighted by molar-refractivity contribution is 5.78. The molecule has 2 saturated carbocycles. The number of carbonyl (C=O) groups is 1. The minimum absolute atomic E-state index is 0.0199. The number of nitrogens with zero attached hydrogens (tertiary/aromatic N) is 5. The second kappa shape index (κ2) is 13.5. The van der Waals surface area contributed by atoms with Gasteiger partial charge in [0.15, 0.2) is 5.82 Å². The van der Waals surface area contributed by atoms with Crippen molar-refractivity contribution in [1.29, 1.82) is 0 Å². The largest absolute Gasteiger partial charge is 0.474 e. The molecule has 2 aliphatic carbocycles. The summed E-state index contributed by atoms with van der Waals surface area (Å²) in [6.45, 7) is 2.48. The van der Waals surface area contributed by atoms with Gasteiger partial charge >= 0.3 is 0 Å². The van der Waals surface area contributed by atoms with Crippen LogP contribution in [0.25, 0.3) is 16.9 Å². The van der Waals surface area contributed by atoms with E-state index >= 15 is 0 Å². The molecular weight excluding hydrogens is 560 g/mol. The van der Waals surface area contributed by atoms with Crippen LogP contribution in [0.15, 0.2) is 30.3 Å². The van der Waals surface area contributed by atoms with Crippen LogP contribution in [0.3, 0.4) is 0 Å². The first-order chi connectivity index (χ1) is 20.9. The molecule has 3 N–H and O–H groups in total. The highest BCUT2D eigenvalue weighted by Crippen LogP contribution is 2.31. The number of morpholine rings is 1. The number of amides is 1. The molecule has 6 rings (SSSR count). The number of benzene rings is 1. The number of aromatic nitrogens is 4. The van der Waals surface area contributed by atoms with Crippen molar-refractivity contribution in [2.45, 2.75) is 82.1 Å². The topological polar surface area (TPSA) is 127 Å². The molecule has 3 aromatic rings. The van der Waals surface area contributed by atoms with E-state index in [-0.39, 0.29) is 48.4 Å². The molecule has 3 fully saturated rings. The van der Waals surface area contributed by atoms with Crippen molar-refractivity contribution in [2.75, 3.05) is 37.7 Å². The summed E-state index contributed by atoms with van der Waals surface area (Å²) in [5.41, 5.74) is 0.988. The lowest BCUT2D eigenvalue weighted by Crippen LogP contribution is -2.46. The Hall–Kier alpha value is -3.42. The molecule has 0 bridgehead atoms. The third kappa shape index (κ3) is 7.22. The van der Waals surface area contributed by atoms with Gasteiger partial charge in [-0.05, 0) is 63.5 Å². The fourth-order valence-electron chi connectivity index (χ4n) is 6.20. The zero-order valence-corrected chi connectivity index (χ0v) is 24.1. The van der Waals surface area contributed by atoms with Gasteiger partial charge in [0.05, 0.1) is 36.9 Å². The molecule has 0 atom stereocenters. The predicted molar refractivity (Wildman–Crippen MR) is 156 cm³/mol. The van der Waals surface area contributed by atoms with Gasteiger partial charge in [0.1, 0.15) is 11.9 Å². The molecule has 3 heterocycles. The Kier molecular flexibility index (Phi) is 9.29. The number of nitrogens with one attached hydrogen (secondary N) is 2. The van der Waals surface area contributed by atoms with Crippen LogP contribution in [0, 0.1) is 0 Å². The number of aliphatic hydroxyl groups is 1. The molecule has 11 nitrogen and oxygen atoms in total. The average Bonchev–Trinajstić information content (AvgIpc) is 3.42. The lowest BCUT2D eigenvalue weighted by atomic mass is 9.92. The zero-order chi connectivity index (χ0) is 29.8. The number of alkyl halides is 2. The van der Waals surface area contributed by atoms with Gasteiger partial charge in [0, 0.05) is 31.2 Å². The van der Waals surface area contributed by atoms with Gasteiger partial charge in [-0.2, -0.15) is 9.97 Å². The van der Waals surface area contributed by atoms with Crippen LogP contribution in [0.1, 0.15) is 63.6 Å². The molecule has 0 spiro atoms. The molecule has 1 aromatic carbocycles. The maximum Gasteiger partial charge on any atom is 0.296 e. The molecule has 2 aromatic heterocycles. The third-order valence-corrected chi connectivity index (χ3v) is 8.56. The summed E-state index contributed by atoms with van der Waals surface area (Å²) in [6, 6.07) is 8.94. The molecule has 0 unspecified atom stereocenters. The van der Waals surface area contributed by atoms with Crippen LogP contribution in [0.4, 0.5) is 14.7 Å². The van der Waals surface area contributed by atoms with E-state index in [2.05, 4.69) is 25.6 Å². The smallest absolute Gasteiger partial charge is 0.296 e. The normalized spacial score (nSPS) is 24.8. The van der Waals surface area contributed by atoms with Gasteiger partial charge in [-0.25, -0.2) is 13.8 Å². The summed E-state index contributed by atoms with van der Waals surface area (Å²) < 4.78 is 41.5. The first-order valence-electron chi connectivity index (χ1n) is 15.3. The summed E-state index contributed by atoms with van der Waals surface area (Å²) in [6.07, 6.45) is 3.15. The lowest BCUT2D eigenvalue weighted by molar-refractivity contribution is -0.121. The van der Waals surface area contributed by atoms with Crippen LogP contribution < -0.4 is 20.3 Å². The van der Waals surface area contributed by atoms with Crippen molar-refractivity contribution < 1.29 is 28.2 Å². The molecule has 43 heavy (non-hydrogen) atoms. The highest BCUT2D eigenvalue weighted by atomic mass is 19.3. The molecule has 3 aliphatic rings. The minimum atomic E-state index is -2.80. The number of anilines is 1. The van der Waals surface area contributed by atoms with Crippen LogP contribution in [-0.2, 0) is 9.53 Å². The van der Waals surface area contributed by atoms with E-state index < -0.39 is 6.43 Å². The number of hydrogen-bond donors (Lipinski definition) is 3. The highest BCUT2D eigenvalue weighted by Gasteiger charge is 2.27. The summed E-state index contributed by atoms with van der Waals surface area (Å²) in [4.78, 5) is 28.1. The summed E-state index contributed by atoms with van der Waals surface area (Å²) in [5, 5.41) is 16.1. The standard InChI is InChI=1S/C30H39F2N7O4/c31-28(32)29-35-23-3-1-2-4-24(23)39(29)25-17-27(37-30(36-25)38-13-15-42-16-14-38)43-22-11-7-20(8-12-22)34-26(41)18-33-19-5-9-21(40)10-6-19/h1-4,17,19-22,28,33,40H,5-16,18H2,(H,34,41)/t19-,20-,21+,22-. The number of rotatable bonds is 9. The first-order valence-corrected chi connectivity index (χ1v) is 15.3. The summed E-state index contributed by atoms with van der Waals surface area (Å²) in [7, 11) is 0. The number of halogens is 2. The Morgan fingerprint density at radius 1 is 1.00 bits per heavy atom. The summed E-state index contributed by atoms with van der Waals surface area (Å²) in [5.74, 6) is 0.587. The molecular formula is C30H39F2N7O4. The number of fused-ring (bicyclic) bond motifs is 1. The maximum atomic E-state index is 14.1. The van der Waals surface area contributed by atoms with E-state index in [9.17, 15) is 18.7 Å². The van der Waals surface area contributed by atoms with Gasteiger partial charge in [-0.1, -0.05) is 12.1 Å². The second-order valence-corrected chi connectivity index (χ2v) is 11.6. The van der Waals surface area contributed by atoms with Crippen LogP contribution >= 0.6 is 0 Å². The van der Waals surface area contributed by atoms with E-state index in [0.29, 0.717) is 49.2 Å². The van der Waals surface area contributed by atoms with Gasteiger partial charge in [-0.15, -0.1) is 0 Å². The Labute approximate surface area is 249 Å². The van der Waals surface area contributed by atoms with E-state index in [1.807, 2.05) is 4.90 Å². The Balaban J connectivity index is 1.13. The van der Waals surface area contributed by atoms with Gasteiger partial charge in [0.25, 0.3) is 6.43 Å². The van der Waals surface area contributed by atoms with E-state index in [4.69, 9.17) is 9.47 Å². The first kappa shape index (κ1) is 29.6. The minimum Gasteiger partial charge on any atom is -0.474 e. The van der Waals surface area contributed by atoms with E-state index in [0.717, 1.165) is 51.4 Å². The number of carbonyl (C=O) groups excluding carboxylic acids is 1. The number of para-hydroxylation sites is 2. The fourth-order valence-corrected chi connectivity index (χ4v) is 6.20. The van der Waals surface area contributed by atoms with Crippen LogP contribution in [0.2, 0.25) is 0 Å². The molecule has 1 aliphatic heterocycles. The van der Waals surface area contributed by atoms with Crippen molar-refractivity contribution in [3.63, 3.8) is 0 Å². The Morgan fingerprint density at radius 2 is 1.72 bits per heavy atom. The van der Waals surface area contributed by atoms with Crippen LogP contribution in [0.5, 0.6) is 5.88 Å². The van der Waals surface area contributed by atoms with Crippen molar-refractivity contribution in [1.82, 2.24) is 30.2 Å². The quantitative estimate of drug-likeness (QED) is 0.340. The van der Waals surface area contributed by atoms with Crippen LogP contribution in [-0.4, -0.2) is 87.7 Å². The monoisotopic (exact) mass is 599 g/mol. The number of ether oxygens (including phenoxy) is 2. The predicted octanol–water partition coefficient (Wildman–Crippen LogP) is 3.29. The Bertz CT molecular complexity index is 1380. The maximum absolute atomic E-state index is 14.1. The molecule has 1 amide bonds. The SMILES string of the molecule is O=C(CN[C@H]1CC[C@@H](O)CC1)N[C@H]1CC[C@H](Oc2cc(-n3c(C(F)F)nc4ccccc43)nc(N3CCOCC3)n2)CC1. The number of hydrogen-bond acceptors (Lipinski definition) is 9. The number of aliphatic hydroxyl groups excluding tert-OH is 1. The Morgan fingerprint density at radius 3 is 2.47 bits per heavy atom.